The molecular formula is C12H21BrClN3O. The average molecular weight is 339 g/mol. The largest absolute Gasteiger partial charge is 0.345 e. The van der Waals surface area contributed by atoms with Gasteiger partial charge in [-0.3, -0.25) is 4.79 Å². The van der Waals surface area contributed by atoms with Crippen LogP contribution in [-0.2, 0) is 7.05 Å². The summed E-state index contributed by atoms with van der Waals surface area (Å²) < 4.78 is 2.73. The summed E-state index contributed by atoms with van der Waals surface area (Å²) in [5.41, 5.74) is 6.29. The summed E-state index contributed by atoms with van der Waals surface area (Å²) in [4.78, 5) is 13.9. The van der Waals surface area contributed by atoms with E-state index in [0.717, 1.165) is 4.47 Å². The summed E-state index contributed by atoms with van der Waals surface area (Å²) in [5.74, 6) is 0.0136. The second-order valence-electron chi connectivity index (χ2n) is 5.18. The van der Waals surface area contributed by atoms with Crippen LogP contribution in [0.15, 0.2) is 16.7 Å². The predicted octanol–water partition coefficient (Wildman–Crippen LogP) is 2.27. The lowest BCUT2D eigenvalue weighted by molar-refractivity contribution is 0.0731. The summed E-state index contributed by atoms with van der Waals surface area (Å²) in [6, 6.07) is 1.83. The Balaban J connectivity index is 0.00000289. The molecule has 0 saturated heterocycles. The van der Waals surface area contributed by atoms with Crippen molar-refractivity contribution in [2.45, 2.75) is 13.8 Å². The number of nitrogens with zero attached hydrogens (tertiary/aromatic N) is 2. The van der Waals surface area contributed by atoms with Crippen molar-refractivity contribution in [1.29, 1.82) is 0 Å². The van der Waals surface area contributed by atoms with Gasteiger partial charge in [0.25, 0.3) is 5.91 Å². The molecule has 0 atom stereocenters. The maximum atomic E-state index is 12.2. The van der Waals surface area contributed by atoms with E-state index in [0.29, 0.717) is 18.8 Å². The van der Waals surface area contributed by atoms with Gasteiger partial charge in [-0.05, 0) is 34.0 Å². The van der Waals surface area contributed by atoms with Crippen molar-refractivity contribution in [1.82, 2.24) is 9.47 Å². The fourth-order valence-electron chi connectivity index (χ4n) is 1.71. The number of hydrogen-bond acceptors (Lipinski definition) is 2. The van der Waals surface area contributed by atoms with Crippen molar-refractivity contribution < 1.29 is 4.79 Å². The normalized spacial score (nSPS) is 11.0. The summed E-state index contributed by atoms with van der Waals surface area (Å²) in [6.07, 6.45) is 1.87. The first kappa shape index (κ1) is 17.5. The van der Waals surface area contributed by atoms with E-state index in [2.05, 4.69) is 29.8 Å². The fraction of sp³-hybridized carbons (Fsp3) is 0.583. The molecule has 2 N–H and O–H groups in total. The van der Waals surface area contributed by atoms with Crippen molar-refractivity contribution in [3.05, 3.63) is 22.4 Å². The minimum absolute atomic E-state index is 0. The second-order valence-corrected chi connectivity index (χ2v) is 6.10. The van der Waals surface area contributed by atoms with Gasteiger partial charge in [0.1, 0.15) is 5.69 Å². The first-order valence-corrected chi connectivity index (χ1v) is 6.33. The summed E-state index contributed by atoms with van der Waals surface area (Å²) >= 11 is 3.36. The molecular weight excluding hydrogens is 318 g/mol. The van der Waals surface area contributed by atoms with E-state index >= 15 is 0 Å². The molecule has 0 bridgehead atoms. The van der Waals surface area contributed by atoms with Gasteiger partial charge in [0.2, 0.25) is 0 Å². The SMILES string of the molecule is CN(CC(C)(C)CN)C(=O)c1cc(Br)cn1C.Cl. The Morgan fingerprint density at radius 3 is 2.50 bits per heavy atom. The van der Waals surface area contributed by atoms with E-state index in [1.165, 1.54) is 0 Å². The molecule has 1 heterocycles. The van der Waals surface area contributed by atoms with Crippen LogP contribution in [0.3, 0.4) is 0 Å². The molecule has 104 valence electrons. The van der Waals surface area contributed by atoms with Gasteiger partial charge in [-0.1, -0.05) is 13.8 Å². The molecule has 1 rings (SSSR count). The molecule has 0 radical (unpaired) electrons. The van der Waals surface area contributed by atoms with E-state index in [4.69, 9.17) is 5.73 Å². The number of hydrogen-bond donors (Lipinski definition) is 1. The number of nitrogens with two attached hydrogens (primary N) is 1. The Morgan fingerprint density at radius 1 is 1.56 bits per heavy atom. The quantitative estimate of drug-likeness (QED) is 0.915. The number of carbonyl (C=O) groups excluding carboxylic acids is 1. The van der Waals surface area contributed by atoms with Crippen molar-refractivity contribution in [3.8, 4) is 0 Å². The third kappa shape index (κ3) is 4.30. The first-order valence-electron chi connectivity index (χ1n) is 5.54. The minimum Gasteiger partial charge on any atom is -0.345 e. The number of aryl methyl sites for hydroxylation is 1. The predicted molar refractivity (Wildman–Crippen MR) is 80.2 cm³/mol. The van der Waals surface area contributed by atoms with Crippen LogP contribution >= 0.6 is 28.3 Å². The molecule has 0 aliphatic heterocycles. The van der Waals surface area contributed by atoms with Crippen LogP contribution < -0.4 is 5.73 Å². The van der Waals surface area contributed by atoms with E-state index in [-0.39, 0.29) is 23.7 Å². The molecule has 0 spiro atoms. The summed E-state index contributed by atoms with van der Waals surface area (Å²) in [7, 11) is 3.67. The molecule has 18 heavy (non-hydrogen) atoms. The van der Waals surface area contributed by atoms with Gasteiger partial charge in [-0.2, -0.15) is 0 Å². The number of halogens is 2. The molecule has 0 saturated carbocycles. The Bertz CT molecular complexity index is 417. The van der Waals surface area contributed by atoms with Crippen LogP contribution in [0.1, 0.15) is 24.3 Å². The Morgan fingerprint density at radius 2 is 2.11 bits per heavy atom. The number of carbonyl (C=O) groups is 1. The lowest BCUT2D eigenvalue weighted by atomic mass is 9.93. The zero-order chi connectivity index (χ0) is 13.2. The Kier molecular flexibility index (Phi) is 6.40. The molecule has 0 aliphatic rings. The van der Waals surface area contributed by atoms with Crippen molar-refractivity contribution in [2.24, 2.45) is 18.2 Å². The lowest BCUT2D eigenvalue weighted by Crippen LogP contribution is -2.40. The zero-order valence-electron chi connectivity index (χ0n) is 11.2. The Labute approximate surface area is 123 Å². The summed E-state index contributed by atoms with van der Waals surface area (Å²) in [5, 5.41) is 0. The zero-order valence-corrected chi connectivity index (χ0v) is 13.6. The van der Waals surface area contributed by atoms with Crippen LogP contribution in [0.2, 0.25) is 0 Å². The van der Waals surface area contributed by atoms with E-state index in [1.807, 2.05) is 23.9 Å². The first-order chi connectivity index (χ1) is 7.76. The number of aromatic nitrogens is 1. The van der Waals surface area contributed by atoms with Crippen LogP contribution in [0.4, 0.5) is 0 Å². The van der Waals surface area contributed by atoms with Gasteiger partial charge >= 0.3 is 0 Å². The van der Waals surface area contributed by atoms with Crippen LogP contribution in [0.5, 0.6) is 0 Å². The van der Waals surface area contributed by atoms with Gasteiger partial charge in [0, 0.05) is 31.3 Å². The monoisotopic (exact) mass is 337 g/mol. The van der Waals surface area contributed by atoms with Crippen molar-refractivity contribution >= 4 is 34.2 Å². The molecule has 0 fully saturated rings. The molecule has 1 aromatic heterocycles. The standard InChI is InChI=1S/C12H20BrN3O.ClH/c1-12(2,7-14)8-16(4)11(17)10-5-9(13)6-15(10)3;/h5-6H,7-8,14H2,1-4H3;1H. The molecule has 0 aromatic carbocycles. The molecule has 0 unspecified atom stereocenters. The highest BCUT2D eigenvalue weighted by molar-refractivity contribution is 9.10. The van der Waals surface area contributed by atoms with Crippen LogP contribution in [0.25, 0.3) is 0 Å². The molecule has 0 aliphatic carbocycles. The maximum absolute atomic E-state index is 12.2. The molecule has 1 aromatic rings. The van der Waals surface area contributed by atoms with Crippen molar-refractivity contribution in [2.75, 3.05) is 20.1 Å². The lowest BCUT2D eigenvalue weighted by Gasteiger charge is -2.29. The third-order valence-electron chi connectivity index (χ3n) is 2.76. The average Bonchev–Trinajstić information content (AvgIpc) is 2.56. The van der Waals surface area contributed by atoms with Crippen LogP contribution in [-0.4, -0.2) is 35.5 Å². The smallest absolute Gasteiger partial charge is 0.270 e. The van der Waals surface area contributed by atoms with E-state index < -0.39 is 0 Å². The van der Waals surface area contributed by atoms with E-state index in [9.17, 15) is 4.79 Å². The second kappa shape index (κ2) is 6.59. The topological polar surface area (TPSA) is 51.3 Å². The van der Waals surface area contributed by atoms with Gasteiger partial charge in [0.15, 0.2) is 0 Å². The third-order valence-corrected chi connectivity index (χ3v) is 3.19. The highest BCUT2D eigenvalue weighted by Gasteiger charge is 2.23. The van der Waals surface area contributed by atoms with Gasteiger partial charge in [-0.15, -0.1) is 12.4 Å². The summed E-state index contributed by atoms with van der Waals surface area (Å²) in [6.45, 7) is 5.31. The highest BCUT2D eigenvalue weighted by Crippen LogP contribution is 2.18. The fourth-order valence-corrected chi connectivity index (χ4v) is 2.23. The number of amides is 1. The van der Waals surface area contributed by atoms with E-state index in [1.54, 1.807) is 11.9 Å². The van der Waals surface area contributed by atoms with Crippen LogP contribution in [0, 0.1) is 5.41 Å². The molecule has 6 heteroatoms. The van der Waals surface area contributed by atoms with Gasteiger partial charge in [-0.25, -0.2) is 0 Å². The maximum Gasteiger partial charge on any atom is 0.270 e. The van der Waals surface area contributed by atoms with Crippen molar-refractivity contribution in [3.63, 3.8) is 0 Å². The minimum atomic E-state index is -0.0627. The Hall–Kier alpha value is -0.520. The van der Waals surface area contributed by atoms with Gasteiger partial charge < -0.3 is 15.2 Å². The molecule has 4 nitrogen and oxygen atoms in total. The number of rotatable bonds is 4. The van der Waals surface area contributed by atoms with Gasteiger partial charge in [0.05, 0.1) is 0 Å². The molecule has 1 amide bonds. The highest BCUT2D eigenvalue weighted by atomic mass is 79.9.